The Bertz CT molecular complexity index is 535. The van der Waals surface area contributed by atoms with Crippen LogP contribution >= 0.6 is 0 Å². The number of hydrogen-bond acceptors (Lipinski definition) is 5. The third kappa shape index (κ3) is 6.74. The molecule has 0 aromatic heterocycles. The normalized spacial score (nSPS) is 21.5. The van der Waals surface area contributed by atoms with Gasteiger partial charge >= 0.3 is 5.97 Å². The van der Waals surface area contributed by atoms with Crippen LogP contribution in [0.3, 0.4) is 0 Å². The second kappa shape index (κ2) is 9.87. The van der Waals surface area contributed by atoms with Crippen LogP contribution in [0.2, 0.25) is 0 Å². The summed E-state index contributed by atoms with van der Waals surface area (Å²) in [5.41, 5.74) is 2.48. The maximum Gasteiger partial charge on any atom is 0.317 e. The molecule has 1 aliphatic rings. The van der Waals surface area contributed by atoms with E-state index in [0.29, 0.717) is 13.1 Å². The molecule has 1 aromatic rings. The molecule has 0 radical (unpaired) electrons. The van der Waals surface area contributed by atoms with Crippen LogP contribution in [0.4, 0.5) is 0 Å². The number of aliphatic carboxylic acids is 1. The second-order valence-corrected chi connectivity index (χ2v) is 7.04. The zero-order chi connectivity index (χ0) is 18.2. The number of carboxylic acids is 1. The summed E-state index contributed by atoms with van der Waals surface area (Å²) in [7, 11) is 2.09. The van der Waals surface area contributed by atoms with E-state index < -0.39 is 5.97 Å². The summed E-state index contributed by atoms with van der Waals surface area (Å²) in [5.74, 6) is -0.787. The fourth-order valence-electron chi connectivity index (χ4n) is 3.38. The van der Waals surface area contributed by atoms with Crippen molar-refractivity contribution < 1.29 is 15.0 Å². The zero-order valence-corrected chi connectivity index (χ0v) is 15.4. The molecule has 1 saturated heterocycles. The fourth-order valence-corrected chi connectivity index (χ4v) is 3.38. The fraction of sp³-hybridized carbons (Fsp3) is 0.632. The Kier molecular flexibility index (Phi) is 7.84. The summed E-state index contributed by atoms with van der Waals surface area (Å²) >= 11 is 0. The van der Waals surface area contributed by atoms with Gasteiger partial charge in [-0.25, -0.2) is 0 Å². The molecule has 0 aliphatic carbocycles. The molecule has 0 amide bonds. The van der Waals surface area contributed by atoms with Gasteiger partial charge in [0.25, 0.3) is 0 Å². The van der Waals surface area contributed by atoms with Gasteiger partial charge in [0.1, 0.15) is 0 Å². The second-order valence-electron chi connectivity index (χ2n) is 7.04. The van der Waals surface area contributed by atoms with Crippen molar-refractivity contribution in [3.05, 3.63) is 35.4 Å². The predicted molar refractivity (Wildman–Crippen MR) is 98.9 cm³/mol. The molecule has 2 N–H and O–H groups in total. The van der Waals surface area contributed by atoms with Crippen LogP contribution < -0.4 is 0 Å². The van der Waals surface area contributed by atoms with Crippen LogP contribution in [-0.4, -0.2) is 96.4 Å². The first-order valence-corrected chi connectivity index (χ1v) is 9.01. The van der Waals surface area contributed by atoms with E-state index in [1.807, 2.05) is 0 Å². The van der Waals surface area contributed by atoms with E-state index in [1.165, 1.54) is 11.1 Å². The number of β-amino-alcohol motifs (C(OH)–C–C–N with tert-alkyl or cyclic N) is 1. The topological polar surface area (TPSA) is 67.2 Å². The van der Waals surface area contributed by atoms with Crippen LogP contribution in [0.1, 0.15) is 11.1 Å². The lowest BCUT2D eigenvalue weighted by Crippen LogP contribution is -2.47. The van der Waals surface area contributed by atoms with Gasteiger partial charge in [-0.3, -0.25) is 14.6 Å². The Hall–Kier alpha value is -1.47. The average molecular weight is 349 g/mol. The molecule has 0 spiro atoms. The highest BCUT2D eigenvalue weighted by molar-refractivity contribution is 5.69. The monoisotopic (exact) mass is 349 g/mol. The Morgan fingerprint density at radius 2 is 1.84 bits per heavy atom. The summed E-state index contributed by atoms with van der Waals surface area (Å²) < 4.78 is 0. The smallest absolute Gasteiger partial charge is 0.317 e. The van der Waals surface area contributed by atoms with Crippen LogP contribution in [0, 0.1) is 6.92 Å². The number of aliphatic hydroxyl groups is 1. The number of hydrogen-bond donors (Lipinski definition) is 2. The summed E-state index contributed by atoms with van der Waals surface area (Å²) in [6.07, 6.45) is 0.845. The lowest BCUT2D eigenvalue weighted by atomic mass is 10.0. The number of likely N-dealkylation sites (N-methyl/N-ethyl adjacent to an activating group) is 1. The van der Waals surface area contributed by atoms with Crippen molar-refractivity contribution >= 4 is 5.97 Å². The van der Waals surface area contributed by atoms with Crippen LogP contribution in [0.25, 0.3) is 0 Å². The molecule has 0 bridgehead atoms. The molecule has 140 valence electrons. The molecule has 1 atom stereocenters. The molecule has 6 heteroatoms. The highest BCUT2D eigenvalue weighted by Gasteiger charge is 2.25. The minimum absolute atomic E-state index is 0.0529. The summed E-state index contributed by atoms with van der Waals surface area (Å²) in [4.78, 5) is 17.9. The third-order valence-electron chi connectivity index (χ3n) is 4.89. The number of nitrogens with zero attached hydrogens (tertiary/aromatic N) is 3. The number of aliphatic hydroxyl groups excluding tert-OH is 1. The van der Waals surface area contributed by atoms with Crippen molar-refractivity contribution in [2.45, 2.75) is 19.4 Å². The van der Waals surface area contributed by atoms with Crippen molar-refractivity contribution in [2.24, 2.45) is 0 Å². The standard InChI is InChI=1S/C19H31N3O3/c1-16-3-5-17(6-4-16)13-18-14-20(2)7-8-21(11-12-23)9-10-22(18)15-19(24)25/h3-6,18,23H,7-15H2,1-2H3,(H,24,25). The molecule has 0 saturated carbocycles. The maximum absolute atomic E-state index is 11.4. The largest absolute Gasteiger partial charge is 0.480 e. The molecule has 6 nitrogen and oxygen atoms in total. The van der Waals surface area contributed by atoms with Crippen molar-refractivity contribution in [1.82, 2.24) is 14.7 Å². The van der Waals surface area contributed by atoms with Crippen molar-refractivity contribution in [2.75, 3.05) is 59.5 Å². The van der Waals surface area contributed by atoms with Crippen molar-refractivity contribution in [1.29, 1.82) is 0 Å². The van der Waals surface area contributed by atoms with Gasteiger partial charge < -0.3 is 15.1 Å². The first-order chi connectivity index (χ1) is 12.0. The van der Waals surface area contributed by atoms with Gasteiger partial charge in [0.05, 0.1) is 13.2 Å². The summed E-state index contributed by atoms with van der Waals surface area (Å²) in [6.45, 7) is 7.05. The molecule has 1 fully saturated rings. The van der Waals surface area contributed by atoms with Gasteiger partial charge in [0.2, 0.25) is 0 Å². The average Bonchev–Trinajstić information content (AvgIpc) is 2.62. The molecule has 2 rings (SSSR count). The minimum Gasteiger partial charge on any atom is -0.480 e. The van der Waals surface area contributed by atoms with E-state index in [9.17, 15) is 15.0 Å². The minimum atomic E-state index is -0.787. The SMILES string of the molecule is Cc1ccc(CC2CN(C)CCN(CCO)CCN2CC(=O)O)cc1. The lowest BCUT2D eigenvalue weighted by Gasteiger charge is -2.32. The van der Waals surface area contributed by atoms with Gasteiger partial charge in [0, 0.05) is 45.3 Å². The number of rotatable bonds is 6. The van der Waals surface area contributed by atoms with Crippen LogP contribution in [0.15, 0.2) is 24.3 Å². The predicted octanol–water partition coefficient (Wildman–Crippen LogP) is 0.532. The number of benzene rings is 1. The maximum atomic E-state index is 11.4. The lowest BCUT2D eigenvalue weighted by molar-refractivity contribution is -0.139. The third-order valence-corrected chi connectivity index (χ3v) is 4.89. The van der Waals surface area contributed by atoms with Gasteiger partial charge in [-0.15, -0.1) is 0 Å². The van der Waals surface area contributed by atoms with Crippen LogP contribution in [-0.2, 0) is 11.2 Å². The van der Waals surface area contributed by atoms with E-state index in [2.05, 4.69) is 52.9 Å². The summed E-state index contributed by atoms with van der Waals surface area (Å²) in [6, 6.07) is 8.66. The van der Waals surface area contributed by atoms with Gasteiger partial charge in [0.15, 0.2) is 0 Å². The van der Waals surface area contributed by atoms with E-state index in [1.54, 1.807) is 0 Å². The zero-order valence-electron chi connectivity index (χ0n) is 15.4. The number of carboxylic acid groups (broad SMARTS) is 1. The molecule has 1 aliphatic heterocycles. The highest BCUT2D eigenvalue weighted by Crippen LogP contribution is 2.13. The van der Waals surface area contributed by atoms with Crippen molar-refractivity contribution in [3.63, 3.8) is 0 Å². The first-order valence-electron chi connectivity index (χ1n) is 9.01. The molecule has 1 heterocycles. The first kappa shape index (κ1) is 19.8. The van der Waals surface area contributed by atoms with E-state index in [-0.39, 0.29) is 19.2 Å². The molecule has 25 heavy (non-hydrogen) atoms. The van der Waals surface area contributed by atoms with Crippen LogP contribution in [0.5, 0.6) is 0 Å². The Balaban J connectivity index is 2.15. The highest BCUT2D eigenvalue weighted by atomic mass is 16.4. The van der Waals surface area contributed by atoms with E-state index >= 15 is 0 Å². The quantitative estimate of drug-likeness (QED) is 0.781. The van der Waals surface area contributed by atoms with Gasteiger partial charge in [-0.2, -0.15) is 0 Å². The van der Waals surface area contributed by atoms with E-state index in [4.69, 9.17) is 0 Å². The number of carbonyl (C=O) groups is 1. The van der Waals surface area contributed by atoms with Gasteiger partial charge in [-0.1, -0.05) is 29.8 Å². The van der Waals surface area contributed by atoms with Crippen molar-refractivity contribution in [3.8, 4) is 0 Å². The number of aryl methyl sites for hydroxylation is 1. The Morgan fingerprint density at radius 3 is 2.48 bits per heavy atom. The molecule has 1 aromatic carbocycles. The van der Waals surface area contributed by atoms with Gasteiger partial charge in [-0.05, 0) is 26.0 Å². The Morgan fingerprint density at radius 1 is 1.16 bits per heavy atom. The van der Waals surface area contributed by atoms with E-state index in [0.717, 1.165) is 32.6 Å². The molecular weight excluding hydrogens is 318 g/mol. The Labute approximate surface area is 150 Å². The summed E-state index contributed by atoms with van der Waals surface area (Å²) in [5, 5.41) is 18.6. The molecule has 1 unspecified atom stereocenters. The molecular formula is C19H31N3O3.